The van der Waals surface area contributed by atoms with Crippen LogP contribution in [0.4, 0.5) is 17.6 Å². The quantitative estimate of drug-likeness (QED) is 0.554. The molecule has 0 saturated carbocycles. The first-order chi connectivity index (χ1) is 4.83. The summed E-state index contributed by atoms with van der Waals surface area (Å²) in [6, 6.07) is 0. The lowest BCUT2D eigenvalue weighted by Gasteiger charge is -1.93. The Kier molecular flexibility index (Phi) is 8.84. The summed E-state index contributed by atoms with van der Waals surface area (Å²) in [6.45, 7) is -2.23. The second kappa shape index (κ2) is 7.00. The van der Waals surface area contributed by atoms with Gasteiger partial charge in [-0.15, -0.1) is 0 Å². The Morgan fingerprint density at radius 2 is 1.45 bits per heavy atom. The molecule has 0 atom stereocenters. The molecule has 0 spiro atoms. The average Bonchev–Trinajstić information content (AvgIpc) is 1.88. The summed E-state index contributed by atoms with van der Waals surface area (Å²) < 4.78 is 41.7. The monoisotopic (exact) mass is 232 g/mol. The molecule has 0 aromatic rings. The predicted octanol–water partition coefficient (Wildman–Crippen LogP) is 4.02. The van der Waals surface area contributed by atoms with Crippen molar-refractivity contribution in [1.82, 2.24) is 0 Å². The first-order valence-corrected chi connectivity index (χ1v) is 3.26. The van der Waals surface area contributed by atoms with E-state index in [4.69, 9.17) is 34.8 Å². The van der Waals surface area contributed by atoms with Crippen LogP contribution in [0.25, 0.3) is 0 Å². The minimum atomic E-state index is -4.62. The Balaban J connectivity index is 0. The van der Waals surface area contributed by atoms with Gasteiger partial charge < -0.3 is 0 Å². The van der Waals surface area contributed by atoms with Crippen molar-refractivity contribution in [3.8, 4) is 0 Å². The highest BCUT2D eigenvalue weighted by atomic mass is 35.5. The molecule has 0 fully saturated rings. The van der Waals surface area contributed by atoms with E-state index < -0.39 is 12.9 Å². The molecular formula is C4H3Cl3F4. The van der Waals surface area contributed by atoms with Crippen molar-refractivity contribution in [3.63, 3.8) is 0 Å². The standard InChI is InChI=1S/C2HCl3.C2H2F4/c3-1-2(4)5;3-1-2(4,5)6/h1H;1H2. The fourth-order valence-electron chi connectivity index (χ4n) is 0. The van der Waals surface area contributed by atoms with E-state index in [0.29, 0.717) is 0 Å². The number of hydrogen-bond donors (Lipinski definition) is 0. The maximum Gasteiger partial charge on any atom is 0.416 e. The third kappa shape index (κ3) is 25.2. The normalized spacial score (nSPS) is 9.73. The first kappa shape index (κ1) is 13.9. The molecule has 0 aromatic carbocycles. The lowest BCUT2D eigenvalue weighted by molar-refractivity contribution is -0.142. The highest BCUT2D eigenvalue weighted by molar-refractivity contribution is 6.58. The van der Waals surface area contributed by atoms with Gasteiger partial charge in [-0.1, -0.05) is 34.8 Å². The second-order valence-corrected chi connectivity index (χ2v) is 2.37. The molecule has 0 bridgehead atoms. The first-order valence-electron chi connectivity index (χ1n) is 2.07. The summed E-state index contributed by atoms with van der Waals surface area (Å²) in [5.41, 5.74) is 1.09. The summed E-state index contributed by atoms with van der Waals surface area (Å²) in [7, 11) is 0. The van der Waals surface area contributed by atoms with Crippen molar-refractivity contribution in [1.29, 1.82) is 0 Å². The van der Waals surface area contributed by atoms with E-state index >= 15 is 0 Å². The SMILES string of the molecule is ClC=C(Cl)Cl.FCC(F)(F)F. The van der Waals surface area contributed by atoms with Gasteiger partial charge in [-0.05, 0) is 0 Å². The number of alkyl halides is 4. The molecule has 0 heterocycles. The highest BCUT2D eigenvalue weighted by Gasteiger charge is 2.26. The summed E-state index contributed by atoms with van der Waals surface area (Å²) >= 11 is 14.8. The lowest BCUT2D eigenvalue weighted by Crippen LogP contribution is -2.08. The molecule has 0 aliphatic rings. The number of halogens is 7. The van der Waals surface area contributed by atoms with Gasteiger partial charge in [0.1, 0.15) is 4.49 Å². The fourth-order valence-corrected chi connectivity index (χ4v) is 0. The zero-order chi connectivity index (χ0) is 9.49. The van der Waals surface area contributed by atoms with Crippen molar-refractivity contribution in [2.45, 2.75) is 6.18 Å². The van der Waals surface area contributed by atoms with Crippen molar-refractivity contribution in [2.24, 2.45) is 0 Å². The van der Waals surface area contributed by atoms with Crippen molar-refractivity contribution < 1.29 is 17.6 Å². The van der Waals surface area contributed by atoms with Gasteiger partial charge in [0.05, 0.1) is 0 Å². The van der Waals surface area contributed by atoms with Crippen molar-refractivity contribution >= 4 is 34.8 Å². The van der Waals surface area contributed by atoms with E-state index in [0.717, 1.165) is 5.54 Å². The van der Waals surface area contributed by atoms with Crippen LogP contribution < -0.4 is 0 Å². The molecule has 0 aromatic heterocycles. The largest absolute Gasteiger partial charge is 0.416 e. The average molecular weight is 233 g/mol. The lowest BCUT2D eigenvalue weighted by atomic mass is 10.8. The molecule has 0 N–H and O–H groups in total. The summed E-state index contributed by atoms with van der Waals surface area (Å²) in [6.07, 6.45) is -4.62. The molecule has 0 aliphatic heterocycles. The van der Waals surface area contributed by atoms with Crippen LogP contribution in [0, 0.1) is 0 Å². The topological polar surface area (TPSA) is 0 Å². The molecule has 0 amide bonds. The van der Waals surface area contributed by atoms with Crippen molar-refractivity contribution in [2.75, 3.05) is 6.67 Å². The van der Waals surface area contributed by atoms with Gasteiger partial charge in [0.15, 0.2) is 6.67 Å². The zero-order valence-corrected chi connectivity index (χ0v) is 7.20. The molecule has 0 rings (SSSR count). The van der Waals surface area contributed by atoms with Crippen LogP contribution in [-0.4, -0.2) is 12.9 Å². The number of rotatable bonds is 0. The van der Waals surface area contributed by atoms with Crippen LogP contribution in [0.1, 0.15) is 0 Å². The summed E-state index contributed by atoms with van der Waals surface area (Å²) in [5, 5.41) is 0. The minimum absolute atomic E-state index is 0.0895. The van der Waals surface area contributed by atoms with E-state index in [-0.39, 0.29) is 4.49 Å². The third-order valence-corrected chi connectivity index (χ3v) is 0.894. The van der Waals surface area contributed by atoms with Crippen molar-refractivity contribution in [3.05, 3.63) is 10.0 Å². The maximum atomic E-state index is 10.4. The smallest absolute Gasteiger partial charge is 0.241 e. The summed E-state index contributed by atoms with van der Waals surface area (Å²) in [4.78, 5) is 0. The van der Waals surface area contributed by atoms with Crippen LogP contribution in [0.5, 0.6) is 0 Å². The molecule has 0 radical (unpaired) electrons. The Hall–Kier alpha value is 0.330. The van der Waals surface area contributed by atoms with E-state index in [1.54, 1.807) is 0 Å². The zero-order valence-electron chi connectivity index (χ0n) is 4.93. The molecule has 0 saturated heterocycles. The van der Waals surface area contributed by atoms with Gasteiger partial charge in [0, 0.05) is 5.54 Å². The van der Waals surface area contributed by atoms with Gasteiger partial charge in [-0.25, -0.2) is 4.39 Å². The van der Waals surface area contributed by atoms with Crippen LogP contribution in [0.15, 0.2) is 10.0 Å². The summed E-state index contributed by atoms with van der Waals surface area (Å²) in [5.74, 6) is 0. The molecular weight excluding hydrogens is 230 g/mol. The van der Waals surface area contributed by atoms with Crippen LogP contribution in [0.2, 0.25) is 0 Å². The number of hydrogen-bond acceptors (Lipinski definition) is 0. The van der Waals surface area contributed by atoms with Gasteiger partial charge >= 0.3 is 6.18 Å². The van der Waals surface area contributed by atoms with Gasteiger partial charge in [-0.3, -0.25) is 0 Å². The molecule has 68 valence electrons. The van der Waals surface area contributed by atoms with E-state index in [1.807, 2.05) is 0 Å². The van der Waals surface area contributed by atoms with Gasteiger partial charge in [0.25, 0.3) is 0 Å². The van der Waals surface area contributed by atoms with E-state index in [2.05, 4.69) is 0 Å². The van der Waals surface area contributed by atoms with Gasteiger partial charge in [-0.2, -0.15) is 13.2 Å². The third-order valence-electron chi connectivity index (χ3n) is 0.234. The Morgan fingerprint density at radius 3 is 1.45 bits per heavy atom. The van der Waals surface area contributed by atoms with Crippen LogP contribution in [0.3, 0.4) is 0 Å². The maximum absolute atomic E-state index is 10.4. The highest BCUT2D eigenvalue weighted by Crippen LogP contribution is 2.13. The molecule has 0 unspecified atom stereocenters. The molecule has 0 aliphatic carbocycles. The Bertz CT molecular complexity index is 115. The van der Waals surface area contributed by atoms with E-state index in [9.17, 15) is 17.6 Å². The van der Waals surface area contributed by atoms with E-state index in [1.165, 1.54) is 0 Å². The van der Waals surface area contributed by atoms with Gasteiger partial charge in [0.2, 0.25) is 0 Å². The predicted molar refractivity (Wildman–Crippen MR) is 37.7 cm³/mol. The van der Waals surface area contributed by atoms with Crippen LogP contribution in [-0.2, 0) is 0 Å². The van der Waals surface area contributed by atoms with Crippen LogP contribution >= 0.6 is 34.8 Å². The molecule has 7 heteroatoms. The second-order valence-electron chi connectivity index (χ2n) is 1.15. The molecule has 0 nitrogen and oxygen atoms in total. The Morgan fingerprint density at radius 1 is 1.27 bits per heavy atom. The fraction of sp³-hybridized carbons (Fsp3) is 0.500. The Labute approximate surface area is 75.7 Å². The minimum Gasteiger partial charge on any atom is -0.241 e. The molecule has 11 heavy (non-hydrogen) atoms.